The Bertz CT molecular complexity index is 746. The molecule has 2 aliphatic rings. The maximum absolute atomic E-state index is 12.2. The fraction of sp³-hybridized carbons (Fsp3) is 0.471. The van der Waals surface area contributed by atoms with Crippen LogP contribution in [0, 0.1) is 0 Å². The highest BCUT2D eigenvalue weighted by atomic mass is 16.7. The molecule has 0 aliphatic carbocycles. The SMILES string of the molecule is CCOC(=O)CCC(=O)NN1C(c2ccc3c(c2)OCO3)=NOC1(C)C. The molecule has 0 aromatic heterocycles. The zero-order chi connectivity index (χ0) is 18.7. The number of benzene rings is 1. The molecule has 0 saturated heterocycles. The van der Waals surface area contributed by atoms with Crippen LogP contribution in [0.2, 0.25) is 0 Å². The molecule has 2 aliphatic heterocycles. The number of rotatable bonds is 6. The molecule has 0 radical (unpaired) electrons. The Balaban J connectivity index is 1.70. The maximum Gasteiger partial charge on any atom is 0.306 e. The average molecular weight is 363 g/mol. The summed E-state index contributed by atoms with van der Waals surface area (Å²) in [6.07, 6.45) is 0.00509. The van der Waals surface area contributed by atoms with E-state index in [1.807, 2.05) is 0 Å². The van der Waals surface area contributed by atoms with Crippen molar-refractivity contribution in [2.24, 2.45) is 5.16 Å². The lowest BCUT2D eigenvalue weighted by Gasteiger charge is -2.31. The number of oxime groups is 1. The van der Waals surface area contributed by atoms with Crippen molar-refractivity contribution in [3.8, 4) is 11.5 Å². The van der Waals surface area contributed by atoms with Crippen LogP contribution in [0.4, 0.5) is 0 Å². The van der Waals surface area contributed by atoms with E-state index in [-0.39, 0.29) is 32.1 Å². The van der Waals surface area contributed by atoms with Crippen molar-refractivity contribution in [3.05, 3.63) is 23.8 Å². The smallest absolute Gasteiger partial charge is 0.306 e. The minimum atomic E-state index is -0.884. The van der Waals surface area contributed by atoms with Gasteiger partial charge < -0.3 is 19.0 Å². The van der Waals surface area contributed by atoms with Crippen LogP contribution >= 0.6 is 0 Å². The van der Waals surface area contributed by atoms with Gasteiger partial charge in [-0.1, -0.05) is 5.16 Å². The fourth-order valence-corrected chi connectivity index (χ4v) is 2.53. The molecule has 3 rings (SSSR count). The van der Waals surface area contributed by atoms with Gasteiger partial charge in [0.2, 0.25) is 18.4 Å². The highest BCUT2D eigenvalue weighted by Gasteiger charge is 2.40. The van der Waals surface area contributed by atoms with E-state index in [1.165, 1.54) is 5.01 Å². The van der Waals surface area contributed by atoms with Crippen LogP contribution in [0.5, 0.6) is 11.5 Å². The van der Waals surface area contributed by atoms with E-state index < -0.39 is 11.7 Å². The zero-order valence-electron chi connectivity index (χ0n) is 14.9. The Morgan fingerprint density at radius 3 is 2.81 bits per heavy atom. The predicted molar refractivity (Wildman–Crippen MR) is 90.1 cm³/mol. The van der Waals surface area contributed by atoms with Gasteiger partial charge >= 0.3 is 5.97 Å². The first-order valence-electron chi connectivity index (χ1n) is 8.32. The summed E-state index contributed by atoms with van der Waals surface area (Å²) in [5, 5.41) is 5.61. The number of hydrogen-bond donors (Lipinski definition) is 1. The number of amides is 1. The fourth-order valence-electron chi connectivity index (χ4n) is 2.53. The third kappa shape index (κ3) is 3.66. The van der Waals surface area contributed by atoms with Gasteiger partial charge in [0.25, 0.3) is 0 Å². The molecule has 0 atom stereocenters. The molecule has 1 aromatic rings. The molecule has 0 fully saturated rings. The van der Waals surface area contributed by atoms with Crippen LogP contribution in [-0.2, 0) is 19.2 Å². The summed E-state index contributed by atoms with van der Waals surface area (Å²) in [6.45, 7) is 5.70. The Morgan fingerprint density at radius 2 is 2.04 bits per heavy atom. The first-order valence-corrected chi connectivity index (χ1v) is 8.32. The van der Waals surface area contributed by atoms with E-state index in [9.17, 15) is 9.59 Å². The molecule has 9 heteroatoms. The van der Waals surface area contributed by atoms with Gasteiger partial charge in [0.1, 0.15) is 0 Å². The van der Waals surface area contributed by atoms with Gasteiger partial charge in [0.05, 0.1) is 13.0 Å². The van der Waals surface area contributed by atoms with Crippen LogP contribution in [-0.4, -0.2) is 41.8 Å². The topological polar surface area (TPSA) is 98.7 Å². The number of fused-ring (bicyclic) bond motifs is 1. The number of hydrazine groups is 1. The molecule has 0 spiro atoms. The molecule has 0 bridgehead atoms. The summed E-state index contributed by atoms with van der Waals surface area (Å²) in [6, 6.07) is 5.34. The van der Waals surface area contributed by atoms with Crippen molar-refractivity contribution in [1.82, 2.24) is 10.4 Å². The molecule has 26 heavy (non-hydrogen) atoms. The van der Waals surface area contributed by atoms with Gasteiger partial charge in [-0.25, -0.2) is 5.01 Å². The average Bonchev–Trinajstić information content (AvgIpc) is 3.17. The van der Waals surface area contributed by atoms with Crippen LogP contribution in [0.3, 0.4) is 0 Å². The van der Waals surface area contributed by atoms with Crippen molar-refractivity contribution in [1.29, 1.82) is 0 Å². The molecule has 1 aromatic carbocycles. The lowest BCUT2D eigenvalue weighted by atomic mass is 10.1. The first kappa shape index (κ1) is 17.8. The summed E-state index contributed by atoms with van der Waals surface area (Å²) >= 11 is 0. The largest absolute Gasteiger partial charge is 0.466 e. The number of amidine groups is 1. The van der Waals surface area contributed by atoms with E-state index in [4.69, 9.17) is 19.0 Å². The van der Waals surface area contributed by atoms with Crippen molar-refractivity contribution in [3.63, 3.8) is 0 Å². The Hall–Kier alpha value is -2.97. The third-order valence-corrected chi connectivity index (χ3v) is 3.83. The normalized spacial score (nSPS) is 16.7. The van der Waals surface area contributed by atoms with Crippen molar-refractivity contribution in [2.75, 3.05) is 13.4 Å². The summed E-state index contributed by atoms with van der Waals surface area (Å²) in [5.41, 5.74) is 2.56. The Kier molecular flexibility index (Phi) is 4.88. The van der Waals surface area contributed by atoms with Gasteiger partial charge in [-0.2, -0.15) is 0 Å². The standard InChI is InChI=1S/C17H21N3O6/c1-4-23-15(22)8-7-14(21)18-20-16(19-26-17(20,2)3)11-5-6-12-13(9-11)25-10-24-12/h5-6,9H,4,7-8,10H2,1-3H3,(H,18,21). The zero-order valence-corrected chi connectivity index (χ0v) is 14.9. The molecular formula is C17H21N3O6. The highest BCUT2D eigenvalue weighted by Crippen LogP contribution is 2.34. The Morgan fingerprint density at radius 1 is 1.27 bits per heavy atom. The molecule has 9 nitrogen and oxygen atoms in total. The van der Waals surface area contributed by atoms with Gasteiger partial charge in [0, 0.05) is 12.0 Å². The van der Waals surface area contributed by atoms with E-state index >= 15 is 0 Å². The molecule has 1 N–H and O–H groups in total. The minimum Gasteiger partial charge on any atom is -0.466 e. The molecule has 2 heterocycles. The molecule has 0 unspecified atom stereocenters. The monoisotopic (exact) mass is 363 g/mol. The van der Waals surface area contributed by atoms with Gasteiger partial charge in [0.15, 0.2) is 17.3 Å². The first-order chi connectivity index (χ1) is 12.4. The van der Waals surface area contributed by atoms with Gasteiger partial charge in [-0.05, 0) is 39.0 Å². The predicted octanol–water partition coefficient (Wildman–Crippen LogP) is 1.52. The molecular weight excluding hydrogens is 342 g/mol. The molecule has 140 valence electrons. The maximum atomic E-state index is 12.2. The van der Waals surface area contributed by atoms with Crippen molar-refractivity contribution < 1.29 is 28.6 Å². The second kappa shape index (κ2) is 7.11. The summed E-state index contributed by atoms with van der Waals surface area (Å²) in [5.74, 6) is 0.924. The highest BCUT2D eigenvalue weighted by molar-refractivity contribution is 6.01. The van der Waals surface area contributed by atoms with Crippen LogP contribution in [0.25, 0.3) is 0 Å². The molecule has 0 saturated carbocycles. The molecule has 1 amide bonds. The van der Waals surface area contributed by atoms with Crippen molar-refractivity contribution >= 4 is 17.7 Å². The van der Waals surface area contributed by atoms with E-state index in [2.05, 4.69) is 10.6 Å². The third-order valence-electron chi connectivity index (χ3n) is 3.83. The lowest BCUT2D eigenvalue weighted by molar-refractivity contribution is -0.146. The van der Waals surface area contributed by atoms with E-state index in [1.54, 1.807) is 39.0 Å². The number of hydrogen-bond acceptors (Lipinski definition) is 8. The van der Waals surface area contributed by atoms with Crippen LogP contribution in [0.1, 0.15) is 39.2 Å². The van der Waals surface area contributed by atoms with Crippen molar-refractivity contribution in [2.45, 2.75) is 39.3 Å². The summed E-state index contributed by atoms with van der Waals surface area (Å²) in [4.78, 5) is 29.1. The number of carbonyl (C=O) groups excluding carboxylic acids is 2. The second-order valence-electron chi connectivity index (χ2n) is 6.20. The number of carbonyl (C=O) groups is 2. The minimum absolute atomic E-state index is 0.000166. The summed E-state index contributed by atoms with van der Waals surface area (Å²) < 4.78 is 15.5. The van der Waals surface area contributed by atoms with Crippen LogP contribution < -0.4 is 14.9 Å². The number of ether oxygens (including phenoxy) is 3. The number of nitrogens with zero attached hydrogens (tertiary/aromatic N) is 2. The van der Waals surface area contributed by atoms with E-state index in [0.717, 1.165) is 0 Å². The second-order valence-corrected chi connectivity index (χ2v) is 6.20. The Labute approximate surface area is 150 Å². The number of nitrogens with one attached hydrogen (secondary N) is 1. The summed E-state index contributed by atoms with van der Waals surface area (Å²) in [7, 11) is 0. The quantitative estimate of drug-likeness (QED) is 0.765. The lowest BCUT2D eigenvalue weighted by Crippen LogP contribution is -2.54. The van der Waals surface area contributed by atoms with Gasteiger partial charge in [-0.15, -0.1) is 0 Å². The van der Waals surface area contributed by atoms with E-state index in [0.29, 0.717) is 22.9 Å². The van der Waals surface area contributed by atoms with Crippen LogP contribution in [0.15, 0.2) is 23.4 Å². The number of esters is 1. The van der Waals surface area contributed by atoms with Gasteiger partial charge in [-0.3, -0.25) is 15.0 Å².